The van der Waals surface area contributed by atoms with Gasteiger partial charge in [0.15, 0.2) is 11.7 Å². The standard InChI is InChI=1S/C21H30N4O2.HI/c1-5-17-12-18(27-24-17)13-23-21(22-6-2)25-9-10-26-20(14-25)19-8-7-15(3)11-16(19)4;/h7-8,11-12,20H,5-6,9-10,13-14H2,1-4H3,(H,22,23);1H. The van der Waals surface area contributed by atoms with Crippen LogP contribution in [0, 0.1) is 13.8 Å². The van der Waals surface area contributed by atoms with E-state index >= 15 is 0 Å². The lowest BCUT2D eigenvalue weighted by molar-refractivity contribution is -0.00835. The lowest BCUT2D eigenvalue weighted by Gasteiger charge is -2.35. The van der Waals surface area contributed by atoms with Gasteiger partial charge < -0.3 is 19.5 Å². The molecular weight excluding hydrogens is 467 g/mol. The Morgan fingerprint density at radius 3 is 2.79 bits per heavy atom. The Morgan fingerprint density at radius 2 is 2.11 bits per heavy atom. The second-order valence-electron chi connectivity index (χ2n) is 6.97. The molecule has 2 aromatic rings. The molecule has 7 heteroatoms. The Balaban J connectivity index is 0.00000280. The van der Waals surface area contributed by atoms with Gasteiger partial charge in [0.05, 0.1) is 18.8 Å². The van der Waals surface area contributed by atoms with Gasteiger partial charge in [-0.25, -0.2) is 4.99 Å². The van der Waals surface area contributed by atoms with Crippen molar-refractivity contribution >= 4 is 29.9 Å². The topological polar surface area (TPSA) is 62.9 Å². The van der Waals surface area contributed by atoms with Gasteiger partial charge in [0, 0.05) is 19.2 Å². The number of nitrogens with one attached hydrogen (secondary N) is 1. The van der Waals surface area contributed by atoms with Crippen molar-refractivity contribution in [2.24, 2.45) is 4.99 Å². The molecule has 1 aromatic carbocycles. The fourth-order valence-electron chi connectivity index (χ4n) is 3.39. The summed E-state index contributed by atoms with van der Waals surface area (Å²) in [5.41, 5.74) is 4.77. The highest BCUT2D eigenvalue weighted by Crippen LogP contribution is 2.26. The Labute approximate surface area is 184 Å². The van der Waals surface area contributed by atoms with E-state index < -0.39 is 0 Å². The second kappa shape index (κ2) is 10.8. The maximum Gasteiger partial charge on any atom is 0.194 e. The van der Waals surface area contributed by atoms with Crippen molar-refractivity contribution in [3.05, 3.63) is 52.4 Å². The van der Waals surface area contributed by atoms with E-state index in [1.807, 2.05) is 6.07 Å². The van der Waals surface area contributed by atoms with Crippen molar-refractivity contribution < 1.29 is 9.26 Å². The minimum absolute atomic E-state index is 0. The summed E-state index contributed by atoms with van der Waals surface area (Å²) in [4.78, 5) is 7.03. The molecule has 154 valence electrons. The van der Waals surface area contributed by atoms with Crippen LogP contribution in [0.1, 0.15) is 48.1 Å². The molecule has 0 radical (unpaired) electrons. The number of hydrogen-bond acceptors (Lipinski definition) is 4. The smallest absolute Gasteiger partial charge is 0.194 e. The van der Waals surface area contributed by atoms with Gasteiger partial charge in [0.2, 0.25) is 0 Å². The van der Waals surface area contributed by atoms with E-state index in [4.69, 9.17) is 14.3 Å². The van der Waals surface area contributed by atoms with Gasteiger partial charge in [-0.05, 0) is 38.3 Å². The molecule has 1 fully saturated rings. The highest BCUT2D eigenvalue weighted by atomic mass is 127. The van der Waals surface area contributed by atoms with Crippen molar-refractivity contribution in [3.8, 4) is 0 Å². The average Bonchev–Trinajstić information content (AvgIpc) is 3.13. The van der Waals surface area contributed by atoms with Crippen LogP contribution in [0.15, 0.2) is 33.8 Å². The summed E-state index contributed by atoms with van der Waals surface area (Å²) in [5.74, 6) is 1.69. The van der Waals surface area contributed by atoms with Crippen molar-refractivity contribution in [3.63, 3.8) is 0 Å². The summed E-state index contributed by atoms with van der Waals surface area (Å²) < 4.78 is 11.4. The van der Waals surface area contributed by atoms with Gasteiger partial charge in [-0.2, -0.15) is 0 Å². The van der Waals surface area contributed by atoms with Gasteiger partial charge >= 0.3 is 0 Å². The molecule has 1 N–H and O–H groups in total. The number of morpholine rings is 1. The maximum atomic E-state index is 6.07. The molecular formula is C21H31IN4O2. The van der Waals surface area contributed by atoms with Crippen molar-refractivity contribution in [1.29, 1.82) is 0 Å². The first-order chi connectivity index (χ1) is 13.1. The number of benzene rings is 1. The number of aromatic nitrogens is 1. The quantitative estimate of drug-likeness (QED) is 0.384. The molecule has 1 saturated heterocycles. The number of guanidine groups is 1. The largest absolute Gasteiger partial charge is 0.370 e. The molecule has 3 rings (SSSR count). The van der Waals surface area contributed by atoms with Gasteiger partial charge in [-0.15, -0.1) is 24.0 Å². The molecule has 0 bridgehead atoms. The van der Waals surface area contributed by atoms with E-state index in [1.165, 1.54) is 16.7 Å². The third-order valence-corrected chi connectivity index (χ3v) is 4.83. The Morgan fingerprint density at radius 1 is 1.29 bits per heavy atom. The molecule has 6 nitrogen and oxygen atoms in total. The van der Waals surface area contributed by atoms with Gasteiger partial charge in [0.1, 0.15) is 12.6 Å². The molecule has 1 aliphatic heterocycles. The van der Waals surface area contributed by atoms with Gasteiger partial charge in [-0.3, -0.25) is 0 Å². The molecule has 1 aromatic heterocycles. The maximum absolute atomic E-state index is 6.07. The normalized spacial score (nSPS) is 17.4. The Bertz CT molecular complexity index is 790. The summed E-state index contributed by atoms with van der Waals surface area (Å²) in [7, 11) is 0. The van der Waals surface area contributed by atoms with E-state index in [0.717, 1.165) is 43.5 Å². The third kappa shape index (κ3) is 5.70. The number of rotatable bonds is 5. The number of nitrogens with zero attached hydrogens (tertiary/aromatic N) is 3. The number of aliphatic imine (C=N–C) groups is 1. The van der Waals surface area contributed by atoms with Crippen LogP contribution >= 0.6 is 24.0 Å². The van der Waals surface area contributed by atoms with Crippen molar-refractivity contribution in [1.82, 2.24) is 15.4 Å². The number of aryl methyl sites for hydroxylation is 3. The van der Waals surface area contributed by atoms with E-state index in [-0.39, 0.29) is 30.1 Å². The average molecular weight is 498 g/mol. The second-order valence-corrected chi connectivity index (χ2v) is 6.97. The first-order valence-electron chi connectivity index (χ1n) is 9.77. The van der Waals surface area contributed by atoms with Gasteiger partial charge in [0.25, 0.3) is 0 Å². The minimum atomic E-state index is 0. The number of hydrogen-bond donors (Lipinski definition) is 1. The lowest BCUT2D eigenvalue weighted by atomic mass is 10.00. The highest BCUT2D eigenvalue weighted by Gasteiger charge is 2.25. The number of halogens is 1. The van der Waals surface area contributed by atoms with Crippen LogP contribution in [0.2, 0.25) is 0 Å². The van der Waals surface area contributed by atoms with E-state index in [1.54, 1.807) is 0 Å². The molecule has 2 heterocycles. The molecule has 1 unspecified atom stereocenters. The minimum Gasteiger partial charge on any atom is -0.370 e. The van der Waals surface area contributed by atoms with E-state index in [2.05, 4.69) is 61.3 Å². The summed E-state index contributed by atoms with van der Waals surface area (Å²) in [6.07, 6.45) is 0.925. The number of ether oxygens (including phenoxy) is 1. The van der Waals surface area contributed by atoms with Crippen LogP contribution in [0.5, 0.6) is 0 Å². The van der Waals surface area contributed by atoms with Crippen LogP contribution in [-0.2, 0) is 17.7 Å². The third-order valence-electron chi connectivity index (χ3n) is 4.83. The molecule has 0 spiro atoms. The summed E-state index contributed by atoms with van der Waals surface area (Å²) in [5, 5.41) is 7.44. The van der Waals surface area contributed by atoms with Crippen molar-refractivity contribution in [2.75, 3.05) is 26.2 Å². The van der Waals surface area contributed by atoms with Crippen LogP contribution in [0.4, 0.5) is 0 Å². The Hall–Kier alpha value is -1.61. The predicted molar refractivity (Wildman–Crippen MR) is 122 cm³/mol. The molecule has 0 amide bonds. The summed E-state index contributed by atoms with van der Waals surface area (Å²) in [6.45, 7) is 12.0. The zero-order valence-corrected chi connectivity index (χ0v) is 19.5. The first kappa shape index (κ1) is 22.7. The van der Waals surface area contributed by atoms with E-state index in [0.29, 0.717) is 13.2 Å². The van der Waals surface area contributed by atoms with Crippen molar-refractivity contribution in [2.45, 2.75) is 46.8 Å². The zero-order chi connectivity index (χ0) is 19.2. The molecule has 1 atom stereocenters. The molecule has 0 aliphatic carbocycles. The first-order valence-corrected chi connectivity index (χ1v) is 9.77. The fourth-order valence-corrected chi connectivity index (χ4v) is 3.39. The molecule has 1 aliphatic rings. The van der Waals surface area contributed by atoms with Crippen LogP contribution in [-0.4, -0.2) is 42.3 Å². The fraction of sp³-hybridized carbons (Fsp3) is 0.524. The SMILES string of the molecule is CCNC(=NCc1cc(CC)no1)N1CCOC(c2ccc(C)cc2C)C1.I. The van der Waals surface area contributed by atoms with E-state index in [9.17, 15) is 0 Å². The van der Waals surface area contributed by atoms with Crippen LogP contribution < -0.4 is 5.32 Å². The summed E-state index contributed by atoms with van der Waals surface area (Å²) >= 11 is 0. The monoisotopic (exact) mass is 498 g/mol. The lowest BCUT2D eigenvalue weighted by Crippen LogP contribution is -2.48. The zero-order valence-electron chi connectivity index (χ0n) is 17.2. The van der Waals surface area contributed by atoms with Crippen LogP contribution in [0.25, 0.3) is 0 Å². The Kier molecular flexibility index (Phi) is 8.75. The highest BCUT2D eigenvalue weighted by molar-refractivity contribution is 14.0. The predicted octanol–water partition coefficient (Wildman–Crippen LogP) is 4.01. The van der Waals surface area contributed by atoms with Crippen LogP contribution in [0.3, 0.4) is 0 Å². The molecule has 0 saturated carbocycles. The molecule has 28 heavy (non-hydrogen) atoms. The van der Waals surface area contributed by atoms with Gasteiger partial charge in [-0.1, -0.05) is 35.8 Å². The summed E-state index contributed by atoms with van der Waals surface area (Å²) in [6, 6.07) is 8.53.